The van der Waals surface area contributed by atoms with E-state index in [0.29, 0.717) is 5.82 Å². The van der Waals surface area contributed by atoms with E-state index in [1.165, 1.54) is 0 Å². The normalized spacial score (nSPS) is 10.6. The summed E-state index contributed by atoms with van der Waals surface area (Å²) >= 11 is 1.62. The maximum atomic E-state index is 5.20. The van der Waals surface area contributed by atoms with Crippen LogP contribution in [0.25, 0.3) is 11.5 Å². The molecule has 0 bridgehead atoms. The lowest BCUT2D eigenvalue weighted by Gasteiger charge is -2.10. The van der Waals surface area contributed by atoms with Crippen molar-refractivity contribution in [2.75, 3.05) is 7.11 Å². The van der Waals surface area contributed by atoms with Gasteiger partial charge in [-0.25, -0.2) is 9.97 Å². The van der Waals surface area contributed by atoms with Crippen LogP contribution in [0, 0.1) is 13.8 Å². The standard InChI is InChI=1S/C18H17N3OS/c1-12-13(2)20-17(16-6-4-5-11-19-16)21-18(12)23-15-9-7-14(22-3)8-10-15/h4-11H,1-3H3. The van der Waals surface area contributed by atoms with E-state index in [-0.39, 0.29) is 0 Å². The van der Waals surface area contributed by atoms with Gasteiger partial charge in [-0.15, -0.1) is 0 Å². The molecule has 2 aromatic heterocycles. The summed E-state index contributed by atoms with van der Waals surface area (Å²) in [5.41, 5.74) is 2.84. The molecule has 0 saturated heterocycles. The van der Waals surface area contributed by atoms with Crippen LogP contribution < -0.4 is 4.74 Å². The van der Waals surface area contributed by atoms with E-state index in [1.807, 2.05) is 56.3 Å². The van der Waals surface area contributed by atoms with Crippen LogP contribution in [0.15, 0.2) is 58.6 Å². The van der Waals surface area contributed by atoms with Crippen molar-refractivity contribution in [1.29, 1.82) is 0 Å². The molecule has 0 N–H and O–H groups in total. The number of benzene rings is 1. The fourth-order valence-electron chi connectivity index (χ4n) is 2.07. The lowest BCUT2D eigenvalue weighted by atomic mass is 10.2. The van der Waals surface area contributed by atoms with E-state index in [1.54, 1.807) is 25.1 Å². The van der Waals surface area contributed by atoms with E-state index in [2.05, 4.69) is 9.97 Å². The zero-order valence-corrected chi connectivity index (χ0v) is 14.1. The molecule has 0 spiro atoms. The van der Waals surface area contributed by atoms with Crippen molar-refractivity contribution in [3.63, 3.8) is 0 Å². The third-order valence-electron chi connectivity index (χ3n) is 3.51. The summed E-state index contributed by atoms with van der Waals surface area (Å²) in [6, 6.07) is 13.7. The molecule has 23 heavy (non-hydrogen) atoms. The Bertz CT molecular complexity index is 805. The Kier molecular flexibility index (Phi) is 4.57. The molecule has 2 heterocycles. The Hall–Kier alpha value is -2.40. The molecule has 0 unspecified atom stereocenters. The van der Waals surface area contributed by atoms with Crippen LogP contribution in [0.5, 0.6) is 5.75 Å². The van der Waals surface area contributed by atoms with Gasteiger partial charge in [0, 0.05) is 22.3 Å². The molecule has 0 saturated carbocycles. The average molecular weight is 323 g/mol. The molecule has 0 radical (unpaired) electrons. The summed E-state index contributed by atoms with van der Waals surface area (Å²) in [4.78, 5) is 14.7. The van der Waals surface area contributed by atoms with Gasteiger partial charge >= 0.3 is 0 Å². The molecular weight excluding hydrogens is 306 g/mol. The predicted molar refractivity (Wildman–Crippen MR) is 91.9 cm³/mol. The van der Waals surface area contributed by atoms with Crippen molar-refractivity contribution in [2.24, 2.45) is 0 Å². The predicted octanol–water partition coefficient (Wildman–Crippen LogP) is 4.32. The smallest absolute Gasteiger partial charge is 0.179 e. The molecule has 0 fully saturated rings. The lowest BCUT2D eigenvalue weighted by Crippen LogP contribution is -1.99. The molecule has 4 nitrogen and oxygen atoms in total. The minimum Gasteiger partial charge on any atom is -0.497 e. The Morgan fingerprint density at radius 2 is 1.74 bits per heavy atom. The second kappa shape index (κ2) is 6.79. The van der Waals surface area contributed by atoms with Crippen molar-refractivity contribution >= 4 is 11.8 Å². The van der Waals surface area contributed by atoms with E-state index in [4.69, 9.17) is 9.72 Å². The highest BCUT2D eigenvalue weighted by molar-refractivity contribution is 7.99. The summed E-state index contributed by atoms with van der Waals surface area (Å²) in [5.74, 6) is 1.50. The first-order valence-corrected chi connectivity index (χ1v) is 8.07. The van der Waals surface area contributed by atoms with Gasteiger partial charge in [0.05, 0.1) is 7.11 Å². The fraction of sp³-hybridized carbons (Fsp3) is 0.167. The number of hydrogen-bond donors (Lipinski definition) is 0. The maximum absolute atomic E-state index is 5.20. The number of nitrogens with zero attached hydrogens (tertiary/aromatic N) is 3. The lowest BCUT2D eigenvalue weighted by molar-refractivity contribution is 0.414. The van der Waals surface area contributed by atoms with Crippen LogP contribution in [0.3, 0.4) is 0 Å². The summed E-state index contributed by atoms with van der Waals surface area (Å²) in [6.45, 7) is 4.05. The zero-order valence-electron chi connectivity index (χ0n) is 13.3. The van der Waals surface area contributed by atoms with Gasteiger partial charge in [0.15, 0.2) is 5.82 Å². The largest absolute Gasteiger partial charge is 0.497 e. The minimum atomic E-state index is 0.657. The maximum Gasteiger partial charge on any atom is 0.179 e. The summed E-state index contributed by atoms with van der Waals surface area (Å²) in [5, 5.41) is 0.948. The molecule has 1 aromatic carbocycles. The van der Waals surface area contributed by atoms with Gasteiger partial charge in [0.2, 0.25) is 0 Å². The molecule has 0 aliphatic heterocycles. The van der Waals surface area contributed by atoms with Crippen LogP contribution in [-0.2, 0) is 0 Å². The molecule has 0 atom stereocenters. The van der Waals surface area contributed by atoms with E-state index < -0.39 is 0 Å². The second-order valence-electron chi connectivity index (χ2n) is 5.06. The summed E-state index contributed by atoms with van der Waals surface area (Å²) in [6.07, 6.45) is 1.75. The van der Waals surface area contributed by atoms with Gasteiger partial charge in [0.1, 0.15) is 16.5 Å². The topological polar surface area (TPSA) is 47.9 Å². The van der Waals surface area contributed by atoms with Crippen molar-refractivity contribution in [1.82, 2.24) is 15.0 Å². The number of aryl methyl sites for hydroxylation is 1. The van der Waals surface area contributed by atoms with Crippen LogP contribution >= 0.6 is 11.8 Å². The second-order valence-corrected chi connectivity index (χ2v) is 6.12. The number of rotatable bonds is 4. The van der Waals surface area contributed by atoms with Gasteiger partial charge in [-0.3, -0.25) is 4.98 Å². The Balaban J connectivity index is 1.96. The van der Waals surface area contributed by atoms with Crippen molar-refractivity contribution < 1.29 is 4.74 Å². The minimum absolute atomic E-state index is 0.657. The third-order valence-corrected chi connectivity index (χ3v) is 4.61. The highest BCUT2D eigenvalue weighted by Gasteiger charge is 2.11. The molecular formula is C18H17N3OS. The van der Waals surface area contributed by atoms with Gasteiger partial charge in [-0.1, -0.05) is 17.8 Å². The highest BCUT2D eigenvalue weighted by atomic mass is 32.2. The Labute approximate surface area is 140 Å². The highest BCUT2D eigenvalue weighted by Crippen LogP contribution is 2.31. The molecule has 5 heteroatoms. The van der Waals surface area contributed by atoms with E-state index in [0.717, 1.165) is 32.6 Å². The molecule has 0 aliphatic carbocycles. The summed E-state index contributed by atoms with van der Waals surface area (Å²) < 4.78 is 5.20. The van der Waals surface area contributed by atoms with Crippen molar-refractivity contribution in [2.45, 2.75) is 23.8 Å². The monoisotopic (exact) mass is 323 g/mol. The van der Waals surface area contributed by atoms with Crippen LogP contribution in [0.4, 0.5) is 0 Å². The van der Waals surface area contributed by atoms with E-state index in [9.17, 15) is 0 Å². The third kappa shape index (κ3) is 3.51. The average Bonchev–Trinajstić information content (AvgIpc) is 2.60. The van der Waals surface area contributed by atoms with Gasteiger partial charge < -0.3 is 4.74 Å². The van der Waals surface area contributed by atoms with Crippen molar-refractivity contribution in [3.05, 3.63) is 59.9 Å². The Morgan fingerprint density at radius 1 is 0.957 bits per heavy atom. The Morgan fingerprint density at radius 3 is 2.39 bits per heavy atom. The number of hydrogen-bond acceptors (Lipinski definition) is 5. The number of aromatic nitrogens is 3. The number of methoxy groups -OCH3 is 1. The number of ether oxygens (including phenoxy) is 1. The van der Waals surface area contributed by atoms with E-state index >= 15 is 0 Å². The van der Waals surface area contributed by atoms with Crippen LogP contribution in [0.2, 0.25) is 0 Å². The zero-order chi connectivity index (χ0) is 16.2. The number of pyridine rings is 1. The first-order chi connectivity index (χ1) is 11.2. The SMILES string of the molecule is COc1ccc(Sc2nc(-c3ccccn3)nc(C)c2C)cc1. The van der Waals surface area contributed by atoms with Crippen molar-refractivity contribution in [3.8, 4) is 17.3 Å². The van der Waals surface area contributed by atoms with Gasteiger partial charge in [0.25, 0.3) is 0 Å². The molecule has 3 rings (SSSR count). The first kappa shape index (κ1) is 15.5. The summed E-state index contributed by atoms with van der Waals surface area (Å²) in [7, 11) is 1.67. The van der Waals surface area contributed by atoms with Crippen LogP contribution in [-0.4, -0.2) is 22.1 Å². The fourth-order valence-corrected chi connectivity index (χ4v) is 3.00. The van der Waals surface area contributed by atoms with Crippen LogP contribution in [0.1, 0.15) is 11.3 Å². The molecule has 0 amide bonds. The van der Waals surface area contributed by atoms with Gasteiger partial charge in [-0.05, 0) is 50.2 Å². The van der Waals surface area contributed by atoms with Gasteiger partial charge in [-0.2, -0.15) is 0 Å². The quantitative estimate of drug-likeness (QED) is 0.669. The molecule has 0 aliphatic rings. The first-order valence-electron chi connectivity index (χ1n) is 7.26. The molecule has 3 aromatic rings. The molecule has 116 valence electrons.